The highest BCUT2D eigenvalue weighted by Gasteiger charge is 2.22. The summed E-state index contributed by atoms with van der Waals surface area (Å²) < 4.78 is 2.06. The van der Waals surface area contributed by atoms with Crippen LogP contribution in [0.15, 0.2) is 24.5 Å². The van der Waals surface area contributed by atoms with Gasteiger partial charge in [-0.3, -0.25) is 0 Å². The van der Waals surface area contributed by atoms with Gasteiger partial charge in [-0.05, 0) is 34.1 Å². The minimum atomic E-state index is 0.276. The van der Waals surface area contributed by atoms with E-state index >= 15 is 0 Å². The lowest BCUT2D eigenvalue weighted by Crippen LogP contribution is -2.41. The van der Waals surface area contributed by atoms with Crippen molar-refractivity contribution in [1.82, 2.24) is 15.3 Å². The Morgan fingerprint density at radius 2 is 1.46 bits per heavy atom. The fourth-order valence-electron chi connectivity index (χ4n) is 3.11. The molecule has 0 saturated carbocycles. The largest absolute Gasteiger partial charge is 0.196 e. The molecule has 0 bridgehead atoms. The predicted octanol–water partition coefficient (Wildman–Crippen LogP) is 4.33. The van der Waals surface area contributed by atoms with Crippen LogP contribution >= 0.6 is 0 Å². The van der Waals surface area contributed by atoms with Gasteiger partial charge in [-0.25, -0.2) is 0 Å². The Morgan fingerprint density at radius 3 is 2.04 bits per heavy atom. The van der Waals surface area contributed by atoms with Crippen LogP contribution in [0.2, 0.25) is 0 Å². The molecule has 0 saturated heterocycles. The molecule has 4 heteroatoms. The fourth-order valence-corrected chi connectivity index (χ4v) is 3.11. The maximum Gasteiger partial charge on any atom is 0.196 e. The SMILES string of the molecule is CC(C)c1cc[n+](CC(C)c2nnccc2C(C)C)nc1C(C)C. The summed E-state index contributed by atoms with van der Waals surface area (Å²) in [6.45, 7) is 16.3. The summed E-state index contributed by atoms with van der Waals surface area (Å²) in [7, 11) is 0. The van der Waals surface area contributed by atoms with Crippen molar-refractivity contribution in [2.75, 3.05) is 0 Å². The molecule has 0 spiro atoms. The normalized spacial score (nSPS) is 13.1. The second-order valence-corrected chi connectivity index (χ2v) is 7.62. The number of hydrogen-bond donors (Lipinski definition) is 0. The Hall–Kier alpha value is -1.84. The molecule has 0 aliphatic heterocycles. The van der Waals surface area contributed by atoms with Gasteiger partial charge in [0, 0.05) is 18.2 Å². The lowest BCUT2D eigenvalue weighted by molar-refractivity contribution is -0.756. The van der Waals surface area contributed by atoms with Gasteiger partial charge in [-0.1, -0.05) is 53.1 Å². The van der Waals surface area contributed by atoms with Gasteiger partial charge in [-0.15, -0.1) is 0 Å². The molecule has 130 valence electrons. The smallest absolute Gasteiger partial charge is 0.159 e. The van der Waals surface area contributed by atoms with Crippen molar-refractivity contribution in [2.24, 2.45) is 0 Å². The molecule has 2 aromatic heterocycles. The molecule has 0 aliphatic rings. The van der Waals surface area contributed by atoms with Crippen LogP contribution in [0, 0.1) is 0 Å². The molecular formula is C20H31N4+. The van der Waals surface area contributed by atoms with Crippen LogP contribution < -0.4 is 4.68 Å². The summed E-state index contributed by atoms with van der Waals surface area (Å²) in [5, 5.41) is 13.4. The molecule has 2 rings (SSSR count). The molecule has 0 radical (unpaired) electrons. The van der Waals surface area contributed by atoms with E-state index in [2.05, 4.69) is 81.7 Å². The Bertz CT molecular complexity index is 677. The zero-order valence-corrected chi connectivity index (χ0v) is 16.1. The second-order valence-electron chi connectivity index (χ2n) is 7.62. The van der Waals surface area contributed by atoms with Crippen LogP contribution in [0.1, 0.15) is 94.7 Å². The summed E-state index contributed by atoms with van der Waals surface area (Å²) in [6, 6.07) is 4.31. The molecule has 1 atom stereocenters. The molecule has 4 nitrogen and oxygen atoms in total. The molecule has 1 unspecified atom stereocenters. The zero-order chi connectivity index (χ0) is 17.9. The summed E-state index contributed by atoms with van der Waals surface area (Å²) in [4.78, 5) is 0. The molecule has 0 fully saturated rings. The van der Waals surface area contributed by atoms with Crippen molar-refractivity contribution in [1.29, 1.82) is 0 Å². The Balaban J connectivity index is 2.30. The number of rotatable bonds is 6. The maximum absolute atomic E-state index is 4.90. The third kappa shape index (κ3) is 4.16. The van der Waals surface area contributed by atoms with Crippen LogP contribution in [-0.4, -0.2) is 15.3 Å². The van der Waals surface area contributed by atoms with Gasteiger partial charge in [-0.2, -0.15) is 10.2 Å². The van der Waals surface area contributed by atoms with Crippen molar-refractivity contribution in [3.63, 3.8) is 0 Å². The number of nitrogens with zero attached hydrogens (tertiary/aromatic N) is 4. The van der Waals surface area contributed by atoms with Crippen molar-refractivity contribution < 1.29 is 4.68 Å². The predicted molar refractivity (Wildman–Crippen MR) is 97.1 cm³/mol. The van der Waals surface area contributed by atoms with Gasteiger partial charge in [0.2, 0.25) is 0 Å². The highest BCUT2D eigenvalue weighted by atomic mass is 15.3. The molecular weight excluding hydrogens is 296 g/mol. The van der Waals surface area contributed by atoms with Gasteiger partial charge in [0.15, 0.2) is 12.7 Å². The van der Waals surface area contributed by atoms with E-state index in [0.29, 0.717) is 17.8 Å². The van der Waals surface area contributed by atoms with E-state index in [9.17, 15) is 0 Å². The van der Waals surface area contributed by atoms with E-state index < -0.39 is 0 Å². The summed E-state index contributed by atoms with van der Waals surface area (Å²) in [5.74, 6) is 1.64. The van der Waals surface area contributed by atoms with E-state index in [0.717, 1.165) is 12.2 Å². The minimum absolute atomic E-state index is 0.276. The molecule has 0 amide bonds. The first-order chi connectivity index (χ1) is 11.3. The standard InChI is InChI=1S/C20H31N4/c1-13(2)17-8-10-21-22-20(17)16(7)12-24-11-9-18(14(3)4)19(23-24)15(5)6/h8-11,13-16H,12H2,1-7H3/q+1. The third-order valence-corrected chi connectivity index (χ3v) is 4.46. The quantitative estimate of drug-likeness (QED) is 0.742. The van der Waals surface area contributed by atoms with Gasteiger partial charge in [0.05, 0.1) is 11.6 Å². The van der Waals surface area contributed by atoms with Crippen molar-refractivity contribution in [3.8, 4) is 0 Å². The third-order valence-electron chi connectivity index (χ3n) is 4.46. The van der Waals surface area contributed by atoms with Crippen LogP contribution in [0.5, 0.6) is 0 Å². The molecule has 2 heterocycles. The highest BCUT2D eigenvalue weighted by molar-refractivity contribution is 5.24. The first-order valence-corrected chi connectivity index (χ1v) is 9.03. The molecule has 24 heavy (non-hydrogen) atoms. The summed E-state index contributed by atoms with van der Waals surface area (Å²) >= 11 is 0. The fraction of sp³-hybridized carbons (Fsp3) is 0.600. The van der Waals surface area contributed by atoms with E-state index in [1.54, 1.807) is 6.20 Å². The lowest BCUT2D eigenvalue weighted by Gasteiger charge is -2.15. The van der Waals surface area contributed by atoms with Crippen LogP contribution in [0.3, 0.4) is 0 Å². The highest BCUT2D eigenvalue weighted by Crippen LogP contribution is 2.25. The molecule has 0 aliphatic carbocycles. The second kappa shape index (κ2) is 7.82. The molecule has 0 N–H and O–H groups in total. The summed E-state index contributed by atoms with van der Waals surface area (Å²) in [5.41, 5.74) is 4.90. The van der Waals surface area contributed by atoms with E-state index in [1.165, 1.54) is 16.8 Å². The Labute approximate surface area is 146 Å². The van der Waals surface area contributed by atoms with E-state index in [-0.39, 0.29) is 5.92 Å². The van der Waals surface area contributed by atoms with Crippen LogP contribution in [0.4, 0.5) is 0 Å². The van der Waals surface area contributed by atoms with Gasteiger partial charge < -0.3 is 0 Å². The van der Waals surface area contributed by atoms with Gasteiger partial charge >= 0.3 is 0 Å². The monoisotopic (exact) mass is 327 g/mol. The first kappa shape index (κ1) is 18.5. The topological polar surface area (TPSA) is 42.5 Å². The van der Waals surface area contributed by atoms with E-state index in [1.807, 2.05) is 0 Å². The van der Waals surface area contributed by atoms with Gasteiger partial charge in [0.1, 0.15) is 5.69 Å². The van der Waals surface area contributed by atoms with Crippen molar-refractivity contribution in [2.45, 2.75) is 78.7 Å². The first-order valence-electron chi connectivity index (χ1n) is 9.03. The van der Waals surface area contributed by atoms with Crippen LogP contribution in [0.25, 0.3) is 0 Å². The Kier molecular flexibility index (Phi) is 6.03. The molecule has 0 aromatic carbocycles. The van der Waals surface area contributed by atoms with Gasteiger partial charge in [0.25, 0.3) is 0 Å². The Morgan fingerprint density at radius 1 is 0.833 bits per heavy atom. The summed E-state index contributed by atoms with van der Waals surface area (Å²) in [6.07, 6.45) is 3.88. The molecule has 2 aromatic rings. The zero-order valence-electron chi connectivity index (χ0n) is 16.1. The number of hydrogen-bond acceptors (Lipinski definition) is 3. The number of aromatic nitrogens is 4. The van der Waals surface area contributed by atoms with Crippen LogP contribution in [-0.2, 0) is 6.54 Å². The maximum atomic E-state index is 4.90. The lowest BCUT2D eigenvalue weighted by atomic mass is 9.95. The van der Waals surface area contributed by atoms with Crippen molar-refractivity contribution in [3.05, 3.63) is 47.0 Å². The average Bonchev–Trinajstić information content (AvgIpc) is 2.54. The van der Waals surface area contributed by atoms with E-state index in [4.69, 9.17) is 5.10 Å². The minimum Gasteiger partial charge on any atom is -0.159 e. The van der Waals surface area contributed by atoms with Crippen molar-refractivity contribution >= 4 is 0 Å². The average molecular weight is 327 g/mol.